The van der Waals surface area contributed by atoms with Gasteiger partial charge in [-0.25, -0.2) is 0 Å². The van der Waals surface area contributed by atoms with Crippen molar-refractivity contribution in [1.29, 1.82) is 0 Å². The van der Waals surface area contributed by atoms with Crippen molar-refractivity contribution in [2.24, 2.45) is 0 Å². The summed E-state index contributed by atoms with van der Waals surface area (Å²) < 4.78 is 10.5. The van der Waals surface area contributed by atoms with Crippen LogP contribution in [-0.4, -0.2) is 33.7 Å². The monoisotopic (exact) mass is 340 g/mol. The maximum atomic E-state index is 12.4. The third kappa shape index (κ3) is 3.87. The van der Waals surface area contributed by atoms with E-state index in [-0.39, 0.29) is 12.3 Å². The highest BCUT2D eigenvalue weighted by molar-refractivity contribution is 5.92. The number of aryl methyl sites for hydroxylation is 1. The number of hydrogen-bond acceptors (Lipinski definition) is 4. The zero-order chi connectivity index (χ0) is 17.8. The molecular formula is C20H24N2O3. The Balaban J connectivity index is 1.69. The number of carbonyl (C=O) groups is 1. The Kier molecular flexibility index (Phi) is 5.12. The molecule has 2 aromatic rings. The van der Waals surface area contributed by atoms with Crippen LogP contribution in [-0.2, 0) is 17.6 Å². The average molecular weight is 340 g/mol. The first-order valence-electron chi connectivity index (χ1n) is 8.45. The third-order valence-electron chi connectivity index (χ3n) is 4.53. The van der Waals surface area contributed by atoms with Crippen molar-refractivity contribution < 1.29 is 14.3 Å². The molecule has 0 fully saturated rings. The van der Waals surface area contributed by atoms with Crippen molar-refractivity contribution in [2.75, 3.05) is 38.0 Å². The largest absolute Gasteiger partial charge is 0.493 e. The number of hydrogen-bond donors (Lipinski definition) is 1. The highest BCUT2D eigenvalue weighted by atomic mass is 16.5. The van der Waals surface area contributed by atoms with Gasteiger partial charge in [-0.3, -0.25) is 4.79 Å². The second kappa shape index (κ2) is 7.47. The summed E-state index contributed by atoms with van der Waals surface area (Å²) in [5.41, 5.74) is 4.27. The molecule has 0 bridgehead atoms. The van der Waals surface area contributed by atoms with Crippen LogP contribution in [0.15, 0.2) is 36.4 Å². The number of carbonyl (C=O) groups excluding carboxylic acids is 1. The maximum absolute atomic E-state index is 12.4. The molecule has 1 aliphatic heterocycles. The summed E-state index contributed by atoms with van der Waals surface area (Å²) in [6.45, 7) is 1.08. The van der Waals surface area contributed by atoms with Crippen molar-refractivity contribution in [3.63, 3.8) is 0 Å². The van der Waals surface area contributed by atoms with E-state index in [0.717, 1.165) is 30.6 Å². The molecule has 0 unspecified atom stereocenters. The molecule has 5 heteroatoms. The average Bonchev–Trinajstić information content (AvgIpc) is 2.61. The van der Waals surface area contributed by atoms with Crippen molar-refractivity contribution in [1.82, 2.24) is 0 Å². The minimum atomic E-state index is -0.0451. The lowest BCUT2D eigenvalue weighted by molar-refractivity contribution is -0.115. The quantitative estimate of drug-likeness (QED) is 0.908. The van der Waals surface area contributed by atoms with Gasteiger partial charge in [0.05, 0.1) is 20.6 Å². The fourth-order valence-electron chi connectivity index (χ4n) is 3.24. The second-order valence-electron chi connectivity index (χ2n) is 6.28. The first kappa shape index (κ1) is 17.1. The summed E-state index contributed by atoms with van der Waals surface area (Å²) in [6, 6.07) is 11.7. The molecule has 5 nitrogen and oxygen atoms in total. The van der Waals surface area contributed by atoms with Crippen LogP contribution < -0.4 is 19.7 Å². The Hall–Kier alpha value is -2.69. The summed E-state index contributed by atoms with van der Waals surface area (Å²) in [5.74, 6) is 1.24. The first-order chi connectivity index (χ1) is 12.1. The van der Waals surface area contributed by atoms with E-state index in [1.165, 1.54) is 11.3 Å². The number of nitrogens with zero attached hydrogens (tertiary/aromatic N) is 1. The zero-order valence-electron chi connectivity index (χ0n) is 15.0. The normalized spacial score (nSPS) is 13.2. The van der Waals surface area contributed by atoms with Crippen LogP contribution in [0.3, 0.4) is 0 Å². The van der Waals surface area contributed by atoms with Crippen LogP contribution in [0.4, 0.5) is 11.4 Å². The molecule has 0 aromatic heterocycles. The van der Waals surface area contributed by atoms with Crippen LogP contribution in [0.1, 0.15) is 17.5 Å². The topological polar surface area (TPSA) is 50.8 Å². The Bertz CT molecular complexity index is 774. The van der Waals surface area contributed by atoms with E-state index in [9.17, 15) is 4.79 Å². The molecule has 0 aliphatic carbocycles. The summed E-state index contributed by atoms with van der Waals surface area (Å²) in [6.07, 6.45) is 2.49. The van der Waals surface area contributed by atoms with E-state index in [0.29, 0.717) is 11.5 Å². The molecule has 0 atom stereocenters. The van der Waals surface area contributed by atoms with Crippen molar-refractivity contribution in [2.45, 2.75) is 19.3 Å². The van der Waals surface area contributed by atoms with Gasteiger partial charge in [-0.2, -0.15) is 0 Å². The summed E-state index contributed by atoms with van der Waals surface area (Å²) >= 11 is 0. The van der Waals surface area contributed by atoms with Gasteiger partial charge in [0.2, 0.25) is 5.91 Å². The summed E-state index contributed by atoms with van der Waals surface area (Å²) in [7, 11) is 5.29. The Labute approximate surface area is 148 Å². The maximum Gasteiger partial charge on any atom is 0.228 e. The molecule has 1 aliphatic rings. The third-order valence-corrected chi connectivity index (χ3v) is 4.53. The molecule has 1 heterocycles. The Morgan fingerprint density at radius 3 is 2.68 bits per heavy atom. The lowest BCUT2D eigenvalue weighted by Gasteiger charge is -2.27. The summed E-state index contributed by atoms with van der Waals surface area (Å²) in [5, 5.41) is 2.99. The number of nitrogens with one attached hydrogen (secondary N) is 1. The van der Waals surface area contributed by atoms with E-state index < -0.39 is 0 Å². The van der Waals surface area contributed by atoms with Crippen LogP contribution in [0.25, 0.3) is 0 Å². The van der Waals surface area contributed by atoms with E-state index in [2.05, 4.69) is 29.4 Å². The molecule has 132 valence electrons. The van der Waals surface area contributed by atoms with Crippen LogP contribution in [0.2, 0.25) is 0 Å². The zero-order valence-corrected chi connectivity index (χ0v) is 15.0. The lowest BCUT2D eigenvalue weighted by atomic mass is 10.0. The highest BCUT2D eigenvalue weighted by Gasteiger charge is 2.15. The Morgan fingerprint density at radius 2 is 1.92 bits per heavy atom. The molecule has 0 radical (unpaired) electrons. The van der Waals surface area contributed by atoms with Gasteiger partial charge in [0, 0.05) is 25.0 Å². The van der Waals surface area contributed by atoms with E-state index >= 15 is 0 Å². The molecule has 1 amide bonds. The minimum Gasteiger partial charge on any atom is -0.493 e. The van der Waals surface area contributed by atoms with Crippen molar-refractivity contribution in [3.05, 3.63) is 47.5 Å². The number of rotatable bonds is 5. The van der Waals surface area contributed by atoms with E-state index in [1.807, 2.05) is 24.3 Å². The summed E-state index contributed by atoms with van der Waals surface area (Å²) in [4.78, 5) is 14.6. The van der Waals surface area contributed by atoms with Gasteiger partial charge in [0.25, 0.3) is 0 Å². The van der Waals surface area contributed by atoms with Gasteiger partial charge < -0.3 is 19.7 Å². The number of ether oxygens (including phenoxy) is 2. The molecular weight excluding hydrogens is 316 g/mol. The van der Waals surface area contributed by atoms with Gasteiger partial charge in [-0.1, -0.05) is 6.07 Å². The molecule has 2 aromatic carbocycles. The standard InChI is InChI=1S/C20H24N2O3/c1-22-10-4-5-15-13-16(7-8-17(15)22)21-20(23)12-14-6-9-18(24-2)19(11-14)25-3/h6-9,11,13H,4-5,10,12H2,1-3H3,(H,21,23). The SMILES string of the molecule is COc1ccc(CC(=O)Nc2ccc3c(c2)CCCN3C)cc1OC. The Morgan fingerprint density at radius 1 is 1.12 bits per heavy atom. The number of fused-ring (bicyclic) bond motifs is 1. The molecule has 3 rings (SSSR count). The predicted molar refractivity (Wildman–Crippen MR) is 99.9 cm³/mol. The van der Waals surface area contributed by atoms with Gasteiger partial charge in [0.1, 0.15) is 0 Å². The number of benzene rings is 2. The van der Waals surface area contributed by atoms with Gasteiger partial charge in [-0.15, -0.1) is 0 Å². The van der Waals surface area contributed by atoms with Crippen molar-refractivity contribution in [3.8, 4) is 11.5 Å². The number of methoxy groups -OCH3 is 2. The van der Waals surface area contributed by atoms with Gasteiger partial charge in [0.15, 0.2) is 11.5 Å². The fraction of sp³-hybridized carbons (Fsp3) is 0.350. The van der Waals surface area contributed by atoms with Gasteiger partial charge >= 0.3 is 0 Å². The number of anilines is 2. The predicted octanol–water partition coefficient (Wildman–Crippen LogP) is 3.27. The smallest absolute Gasteiger partial charge is 0.228 e. The van der Waals surface area contributed by atoms with Crippen molar-refractivity contribution >= 4 is 17.3 Å². The van der Waals surface area contributed by atoms with Gasteiger partial charge in [-0.05, 0) is 54.3 Å². The second-order valence-corrected chi connectivity index (χ2v) is 6.28. The van der Waals surface area contributed by atoms with Crippen LogP contribution >= 0.6 is 0 Å². The molecule has 1 N–H and O–H groups in total. The van der Waals surface area contributed by atoms with Crippen LogP contribution in [0.5, 0.6) is 11.5 Å². The van der Waals surface area contributed by atoms with E-state index in [1.54, 1.807) is 14.2 Å². The molecule has 0 saturated heterocycles. The lowest BCUT2D eigenvalue weighted by Crippen LogP contribution is -2.24. The molecule has 0 spiro atoms. The van der Waals surface area contributed by atoms with E-state index in [4.69, 9.17) is 9.47 Å². The number of amides is 1. The minimum absolute atomic E-state index is 0.0451. The molecule has 25 heavy (non-hydrogen) atoms. The first-order valence-corrected chi connectivity index (χ1v) is 8.45. The highest BCUT2D eigenvalue weighted by Crippen LogP contribution is 2.29. The molecule has 0 saturated carbocycles. The fourth-order valence-corrected chi connectivity index (χ4v) is 3.24. The van der Waals surface area contributed by atoms with Crippen LogP contribution in [0, 0.1) is 0 Å².